The first-order chi connectivity index (χ1) is 18.5. The van der Waals surface area contributed by atoms with Crippen molar-refractivity contribution in [3.05, 3.63) is 65.4 Å². The van der Waals surface area contributed by atoms with Crippen molar-refractivity contribution in [3.63, 3.8) is 0 Å². The van der Waals surface area contributed by atoms with E-state index >= 15 is 0 Å². The van der Waals surface area contributed by atoms with Crippen LogP contribution in [0.4, 0.5) is 5.69 Å². The van der Waals surface area contributed by atoms with Crippen LogP contribution in [0.15, 0.2) is 48.5 Å². The number of aromatic nitrogens is 1. The molecule has 7 nitrogen and oxygen atoms in total. The Morgan fingerprint density at radius 3 is 2.13 bits per heavy atom. The number of H-pyrrole nitrogens is 1. The number of para-hydroxylation sites is 1. The molecular formula is C31H36N4O3. The first-order valence-corrected chi connectivity index (χ1v) is 14.0. The van der Waals surface area contributed by atoms with E-state index in [0.717, 1.165) is 62.1 Å². The third-order valence-corrected chi connectivity index (χ3v) is 8.83. The fourth-order valence-corrected chi connectivity index (χ4v) is 6.66. The van der Waals surface area contributed by atoms with E-state index in [1.54, 1.807) is 6.92 Å². The van der Waals surface area contributed by atoms with E-state index in [1.807, 2.05) is 40.1 Å². The summed E-state index contributed by atoms with van der Waals surface area (Å²) in [6, 6.07) is 16.1. The number of anilines is 1. The predicted octanol–water partition coefficient (Wildman–Crippen LogP) is 4.41. The van der Waals surface area contributed by atoms with Crippen molar-refractivity contribution in [2.24, 2.45) is 11.8 Å². The molecule has 1 aromatic heterocycles. The van der Waals surface area contributed by atoms with Gasteiger partial charge in [-0.2, -0.15) is 0 Å². The lowest BCUT2D eigenvalue weighted by molar-refractivity contribution is -0.149. The number of hydrogen-bond donors (Lipinski definition) is 1. The molecule has 38 heavy (non-hydrogen) atoms. The van der Waals surface area contributed by atoms with Gasteiger partial charge >= 0.3 is 0 Å². The van der Waals surface area contributed by atoms with Crippen molar-refractivity contribution in [1.29, 1.82) is 0 Å². The lowest BCUT2D eigenvalue weighted by Crippen LogP contribution is -2.53. The molecule has 2 amide bonds. The maximum absolute atomic E-state index is 13.8. The number of piperazine rings is 1. The number of ketones is 1. The van der Waals surface area contributed by atoms with E-state index in [1.165, 1.54) is 10.9 Å². The normalized spacial score (nSPS) is 21.9. The predicted molar refractivity (Wildman–Crippen MR) is 148 cm³/mol. The molecule has 198 valence electrons. The first kappa shape index (κ1) is 24.7. The standard InChI is InChI=1S/C31H36N4O3/c1-21(36)22-10-12-23(13-11-22)33-16-18-34(19-17-33)30(37)26-7-2-3-8-27(26)31(38)35-15-14-25-24-6-4-5-9-28(24)32-29(25)20-35/h4-6,9-13,26-27,32H,2-3,7-8,14-20H2,1H3. The minimum atomic E-state index is -0.223. The second-order valence-corrected chi connectivity index (χ2v) is 11.1. The molecule has 2 unspecified atom stereocenters. The second kappa shape index (κ2) is 10.3. The van der Waals surface area contributed by atoms with Gasteiger partial charge in [-0.1, -0.05) is 31.0 Å². The van der Waals surface area contributed by atoms with Crippen LogP contribution in [-0.4, -0.2) is 65.1 Å². The molecule has 7 heteroatoms. The van der Waals surface area contributed by atoms with Crippen molar-refractivity contribution in [2.45, 2.75) is 45.6 Å². The van der Waals surface area contributed by atoms with Crippen LogP contribution in [-0.2, 0) is 22.6 Å². The first-order valence-electron chi connectivity index (χ1n) is 14.0. The number of aromatic amines is 1. The number of carbonyl (C=O) groups is 3. The van der Waals surface area contributed by atoms with Gasteiger partial charge in [0.2, 0.25) is 11.8 Å². The average Bonchev–Trinajstić information content (AvgIpc) is 3.34. The van der Waals surface area contributed by atoms with Crippen LogP contribution in [0.1, 0.15) is 54.2 Å². The van der Waals surface area contributed by atoms with Crippen LogP contribution < -0.4 is 4.90 Å². The monoisotopic (exact) mass is 512 g/mol. The van der Waals surface area contributed by atoms with E-state index in [9.17, 15) is 14.4 Å². The summed E-state index contributed by atoms with van der Waals surface area (Å²) in [5, 5.41) is 1.26. The minimum Gasteiger partial charge on any atom is -0.368 e. The van der Waals surface area contributed by atoms with Crippen LogP contribution in [0, 0.1) is 11.8 Å². The summed E-state index contributed by atoms with van der Waals surface area (Å²) in [4.78, 5) is 48.9. The van der Waals surface area contributed by atoms with E-state index in [0.29, 0.717) is 31.7 Å². The maximum atomic E-state index is 13.8. The van der Waals surface area contributed by atoms with Crippen molar-refractivity contribution in [1.82, 2.24) is 14.8 Å². The van der Waals surface area contributed by atoms with Gasteiger partial charge in [0, 0.05) is 72.4 Å². The Morgan fingerprint density at radius 2 is 1.45 bits per heavy atom. The molecule has 0 bridgehead atoms. The zero-order chi connectivity index (χ0) is 26.2. The van der Waals surface area contributed by atoms with Crippen molar-refractivity contribution < 1.29 is 14.4 Å². The highest BCUT2D eigenvalue weighted by Crippen LogP contribution is 2.35. The van der Waals surface area contributed by atoms with E-state index in [-0.39, 0.29) is 29.4 Å². The van der Waals surface area contributed by atoms with Crippen LogP contribution in [0.2, 0.25) is 0 Å². The van der Waals surface area contributed by atoms with Gasteiger partial charge in [0.1, 0.15) is 0 Å². The number of fused-ring (bicyclic) bond motifs is 3. The molecule has 3 aromatic rings. The highest BCUT2D eigenvalue weighted by molar-refractivity contribution is 5.94. The molecule has 2 atom stereocenters. The summed E-state index contributed by atoms with van der Waals surface area (Å²) >= 11 is 0. The van der Waals surface area contributed by atoms with Gasteiger partial charge in [0.05, 0.1) is 6.54 Å². The highest BCUT2D eigenvalue weighted by Gasteiger charge is 2.41. The molecule has 1 aliphatic carbocycles. The third-order valence-electron chi connectivity index (χ3n) is 8.83. The Balaban J connectivity index is 1.10. The van der Waals surface area contributed by atoms with Crippen LogP contribution in [0.5, 0.6) is 0 Å². The Hall–Kier alpha value is -3.61. The van der Waals surface area contributed by atoms with Crippen LogP contribution >= 0.6 is 0 Å². The number of hydrogen-bond acceptors (Lipinski definition) is 4. The van der Waals surface area contributed by atoms with Crippen molar-refractivity contribution >= 4 is 34.2 Å². The van der Waals surface area contributed by atoms with Gasteiger partial charge in [-0.25, -0.2) is 0 Å². The van der Waals surface area contributed by atoms with Crippen molar-refractivity contribution in [3.8, 4) is 0 Å². The number of Topliss-reactive ketones (excluding diaryl/α,β-unsaturated/α-hetero) is 1. The molecule has 1 saturated carbocycles. The summed E-state index contributed by atoms with van der Waals surface area (Å²) in [7, 11) is 0. The number of benzene rings is 2. The topological polar surface area (TPSA) is 76.7 Å². The Bertz CT molecular complexity index is 1350. The van der Waals surface area contributed by atoms with Gasteiger partial charge < -0.3 is 19.7 Å². The summed E-state index contributed by atoms with van der Waals surface area (Å²) in [6.07, 6.45) is 4.47. The lowest BCUT2D eigenvalue weighted by atomic mass is 9.77. The fourth-order valence-electron chi connectivity index (χ4n) is 6.66. The Morgan fingerprint density at radius 1 is 0.789 bits per heavy atom. The summed E-state index contributed by atoms with van der Waals surface area (Å²) in [5.41, 5.74) is 5.39. The Kier molecular flexibility index (Phi) is 6.68. The zero-order valence-electron chi connectivity index (χ0n) is 22.1. The fraction of sp³-hybridized carbons (Fsp3) is 0.452. The molecule has 1 saturated heterocycles. The van der Waals surface area contributed by atoms with Gasteiger partial charge in [0.25, 0.3) is 0 Å². The molecule has 0 radical (unpaired) electrons. The van der Waals surface area contributed by atoms with Crippen LogP contribution in [0.3, 0.4) is 0 Å². The number of amides is 2. The quantitative estimate of drug-likeness (QED) is 0.526. The van der Waals surface area contributed by atoms with Crippen LogP contribution in [0.25, 0.3) is 10.9 Å². The lowest BCUT2D eigenvalue weighted by Gasteiger charge is -2.41. The largest absolute Gasteiger partial charge is 0.368 e. The van der Waals surface area contributed by atoms with Gasteiger partial charge in [0.15, 0.2) is 5.78 Å². The van der Waals surface area contributed by atoms with Gasteiger partial charge in [-0.15, -0.1) is 0 Å². The molecular weight excluding hydrogens is 476 g/mol. The molecule has 2 aromatic carbocycles. The molecule has 6 rings (SSSR count). The summed E-state index contributed by atoms with van der Waals surface area (Å²) < 4.78 is 0. The smallest absolute Gasteiger partial charge is 0.226 e. The van der Waals surface area contributed by atoms with E-state index in [2.05, 4.69) is 28.1 Å². The molecule has 2 aliphatic heterocycles. The second-order valence-electron chi connectivity index (χ2n) is 11.1. The number of carbonyl (C=O) groups excluding carboxylic acids is 3. The maximum Gasteiger partial charge on any atom is 0.226 e. The summed E-state index contributed by atoms with van der Waals surface area (Å²) in [5.74, 6) is -0.0783. The average molecular weight is 513 g/mol. The Labute approximate surface area is 223 Å². The van der Waals surface area contributed by atoms with E-state index in [4.69, 9.17) is 0 Å². The summed E-state index contributed by atoms with van der Waals surface area (Å²) in [6.45, 7) is 5.72. The minimum absolute atomic E-state index is 0.0647. The number of nitrogens with zero attached hydrogens (tertiary/aromatic N) is 3. The molecule has 3 aliphatic rings. The third kappa shape index (κ3) is 4.59. The molecule has 0 spiro atoms. The highest BCUT2D eigenvalue weighted by atomic mass is 16.2. The van der Waals surface area contributed by atoms with Gasteiger partial charge in [-0.05, 0) is 62.1 Å². The number of nitrogens with one attached hydrogen (secondary N) is 1. The van der Waals surface area contributed by atoms with Gasteiger partial charge in [-0.3, -0.25) is 14.4 Å². The molecule has 2 fully saturated rings. The SMILES string of the molecule is CC(=O)c1ccc(N2CCN(C(=O)C3CCCCC3C(=O)N3CCc4c([nH]c5ccccc45)C3)CC2)cc1. The van der Waals surface area contributed by atoms with Crippen molar-refractivity contribution in [2.75, 3.05) is 37.6 Å². The van der Waals surface area contributed by atoms with E-state index < -0.39 is 0 Å². The molecule has 3 heterocycles. The number of rotatable bonds is 4. The molecule has 1 N–H and O–H groups in total. The zero-order valence-corrected chi connectivity index (χ0v) is 22.1.